The molecule has 1 rings (SSSR count). The molecule has 0 aromatic carbocycles. The summed E-state index contributed by atoms with van der Waals surface area (Å²) < 4.78 is 31.5. The molecular formula is C12H22F2N2O2. The lowest BCUT2D eigenvalue weighted by molar-refractivity contribution is -0.0137. The summed E-state index contributed by atoms with van der Waals surface area (Å²) in [5.74, 6) is -3.04. The first-order valence-electron chi connectivity index (χ1n) is 6.19. The zero-order chi connectivity index (χ0) is 14.0. The summed E-state index contributed by atoms with van der Waals surface area (Å²) >= 11 is 0. The van der Waals surface area contributed by atoms with E-state index < -0.39 is 24.2 Å². The lowest BCUT2D eigenvalue weighted by atomic mass is 10.0. The lowest BCUT2D eigenvalue weighted by Crippen LogP contribution is -2.36. The van der Waals surface area contributed by atoms with Gasteiger partial charge in [0.2, 0.25) is 0 Å². The van der Waals surface area contributed by atoms with Crippen molar-refractivity contribution >= 4 is 6.09 Å². The molecule has 2 N–H and O–H groups in total. The molecule has 0 aromatic heterocycles. The molecule has 1 aliphatic rings. The van der Waals surface area contributed by atoms with Crippen molar-refractivity contribution in [3.63, 3.8) is 0 Å². The smallest absolute Gasteiger partial charge is 0.410 e. The van der Waals surface area contributed by atoms with Gasteiger partial charge in [0.15, 0.2) is 0 Å². The number of alkyl halides is 2. The van der Waals surface area contributed by atoms with Gasteiger partial charge in [0.25, 0.3) is 5.92 Å². The SMILES string of the molecule is CC(C)(C)OC(=O)N1CCC(CC(F)(F)CN)C1. The van der Waals surface area contributed by atoms with E-state index in [1.54, 1.807) is 20.8 Å². The van der Waals surface area contributed by atoms with E-state index in [2.05, 4.69) is 0 Å². The van der Waals surface area contributed by atoms with Gasteiger partial charge in [-0.05, 0) is 33.1 Å². The van der Waals surface area contributed by atoms with E-state index in [1.807, 2.05) is 0 Å². The number of amides is 1. The Balaban J connectivity index is 2.44. The zero-order valence-electron chi connectivity index (χ0n) is 11.2. The third-order valence-electron chi connectivity index (χ3n) is 2.82. The van der Waals surface area contributed by atoms with Crippen molar-refractivity contribution in [2.75, 3.05) is 19.6 Å². The number of carbonyl (C=O) groups excluding carboxylic acids is 1. The molecule has 0 aliphatic carbocycles. The van der Waals surface area contributed by atoms with Crippen LogP contribution < -0.4 is 5.73 Å². The van der Waals surface area contributed by atoms with Crippen molar-refractivity contribution < 1.29 is 18.3 Å². The van der Waals surface area contributed by atoms with Crippen molar-refractivity contribution in [3.8, 4) is 0 Å². The average molecular weight is 264 g/mol. The van der Waals surface area contributed by atoms with E-state index in [4.69, 9.17) is 10.5 Å². The predicted octanol–water partition coefficient (Wildman–Crippen LogP) is 2.23. The van der Waals surface area contributed by atoms with E-state index >= 15 is 0 Å². The highest BCUT2D eigenvalue weighted by atomic mass is 19.3. The Morgan fingerprint density at radius 1 is 1.44 bits per heavy atom. The molecule has 4 nitrogen and oxygen atoms in total. The number of nitrogens with two attached hydrogens (primary N) is 1. The van der Waals surface area contributed by atoms with Crippen LogP contribution in [0.3, 0.4) is 0 Å². The van der Waals surface area contributed by atoms with Crippen LogP contribution in [0, 0.1) is 5.92 Å². The van der Waals surface area contributed by atoms with Gasteiger partial charge in [-0.25, -0.2) is 13.6 Å². The first kappa shape index (κ1) is 15.1. The standard InChI is InChI=1S/C12H22F2N2O2/c1-11(2,3)18-10(17)16-5-4-9(7-16)6-12(13,14)8-15/h9H,4-8,15H2,1-3H3. The molecule has 0 aromatic rings. The van der Waals surface area contributed by atoms with Crippen molar-refractivity contribution in [1.82, 2.24) is 4.90 Å². The Labute approximate surface area is 106 Å². The zero-order valence-corrected chi connectivity index (χ0v) is 11.2. The molecule has 1 amide bonds. The highest BCUT2D eigenvalue weighted by Gasteiger charge is 2.36. The number of nitrogens with zero attached hydrogens (tertiary/aromatic N) is 1. The molecule has 1 unspecified atom stereocenters. The lowest BCUT2D eigenvalue weighted by Gasteiger charge is -2.24. The second kappa shape index (κ2) is 5.38. The van der Waals surface area contributed by atoms with Gasteiger partial charge in [0, 0.05) is 19.5 Å². The van der Waals surface area contributed by atoms with E-state index in [9.17, 15) is 13.6 Å². The summed E-state index contributed by atoms with van der Waals surface area (Å²) in [6.45, 7) is 5.49. The maximum absolute atomic E-state index is 13.1. The molecule has 1 atom stereocenters. The Hall–Kier alpha value is -0.910. The van der Waals surface area contributed by atoms with Gasteiger partial charge in [-0.2, -0.15) is 0 Å². The van der Waals surface area contributed by atoms with Gasteiger partial charge >= 0.3 is 6.09 Å². The molecule has 6 heteroatoms. The summed E-state index contributed by atoms with van der Waals surface area (Å²) in [6, 6.07) is 0. The molecule has 1 saturated heterocycles. The molecule has 0 radical (unpaired) electrons. The first-order valence-corrected chi connectivity index (χ1v) is 6.19. The molecule has 1 heterocycles. The number of halogens is 2. The summed E-state index contributed by atoms with van der Waals surface area (Å²) in [4.78, 5) is 13.2. The third-order valence-corrected chi connectivity index (χ3v) is 2.82. The Morgan fingerprint density at radius 3 is 2.56 bits per heavy atom. The second-order valence-corrected chi connectivity index (χ2v) is 5.85. The fourth-order valence-electron chi connectivity index (χ4n) is 2.00. The van der Waals surface area contributed by atoms with E-state index in [-0.39, 0.29) is 12.3 Å². The van der Waals surface area contributed by atoms with Crippen LogP contribution in [0.15, 0.2) is 0 Å². The largest absolute Gasteiger partial charge is 0.444 e. The fraction of sp³-hybridized carbons (Fsp3) is 0.917. The van der Waals surface area contributed by atoms with Crippen molar-refractivity contribution in [1.29, 1.82) is 0 Å². The van der Waals surface area contributed by atoms with Gasteiger partial charge in [0.1, 0.15) is 5.60 Å². The van der Waals surface area contributed by atoms with Gasteiger partial charge in [-0.15, -0.1) is 0 Å². The van der Waals surface area contributed by atoms with Gasteiger partial charge in [0.05, 0.1) is 6.54 Å². The monoisotopic (exact) mass is 264 g/mol. The number of carbonyl (C=O) groups is 1. The number of rotatable bonds is 3. The van der Waals surface area contributed by atoms with Crippen LogP contribution in [-0.4, -0.2) is 42.2 Å². The Bertz CT molecular complexity index is 303. The highest BCUT2D eigenvalue weighted by Crippen LogP contribution is 2.29. The molecule has 1 aliphatic heterocycles. The minimum absolute atomic E-state index is 0.198. The molecule has 18 heavy (non-hydrogen) atoms. The van der Waals surface area contributed by atoms with Crippen LogP contribution in [0.1, 0.15) is 33.6 Å². The topological polar surface area (TPSA) is 55.6 Å². The highest BCUT2D eigenvalue weighted by molar-refractivity contribution is 5.68. The number of likely N-dealkylation sites (tertiary alicyclic amines) is 1. The Morgan fingerprint density at radius 2 is 2.06 bits per heavy atom. The van der Waals surface area contributed by atoms with E-state index in [0.29, 0.717) is 19.5 Å². The van der Waals surface area contributed by atoms with Crippen molar-refractivity contribution in [2.24, 2.45) is 11.7 Å². The average Bonchev–Trinajstić information content (AvgIpc) is 2.63. The van der Waals surface area contributed by atoms with Crippen LogP contribution in [-0.2, 0) is 4.74 Å². The maximum atomic E-state index is 13.1. The first-order chi connectivity index (χ1) is 8.13. The van der Waals surface area contributed by atoms with Crippen LogP contribution in [0.2, 0.25) is 0 Å². The minimum Gasteiger partial charge on any atom is -0.444 e. The minimum atomic E-state index is -2.84. The third kappa shape index (κ3) is 4.76. The van der Waals surface area contributed by atoms with Crippen LogP contribution in [0.4, 0.5) is 13.6 Å². The maximum Gasteiger partial charge on any atom is 0.410 e. The van der Waals surface area contributed by atoms with Crippen LogP contribution in [0.5, 0.6) is 0 Å². The molecule has 1 fully saturated rings. The number of hydrogen-bond acceptors (Lipinski definition) is 3. The summed E-state index contributed by atoms with van der Waals surface area (Å²) in [6.07, 6.45) is -0.112. The van der Waals surface area contributed by atoms with Crippen molar-refractivity contribution in [2.45, 2.75) is 45.1 Å². The van der Waals surface area contributed by atoms with E-state index in [1.165, 1.54) is 4.90 Å². The quantitative estimate of drug-likeness (QED) is 0.850. The predicted molar refractivity (Wildman–Crippen MR) is 64.5 cm³/mol. The number of ether oxygens (including phenoxy) is 1. The molecular weight excluding hydrogens is 242 g/mol. The number of hydrogen-bond donors (Lipinski definition) is 1. The van der Waals surface area contributed by atoms with Crippen LogP contribution >= 0.6 is 0 Å². The second-order valence-electron chi connectivity index (χ2n) is 5.85. The van der Waals surface area contributed by atoms with Crippen LogP contribution in [0.25, 0.3) is 0 Å². The van der Waals surface area contributed by atoms with E-state index in [0.717, 1.165) is 0 Å². The van der Waals surface area contributed by atoms with Gasteiger partial charge < -0.3 is 15.4 Å². The summed E-state index contributed by atoms with van der Waals surface area (Å²) in [5, 5.41) is 0. The molecule has 0 bridgehead atoms. The fourth-order valence-corrected chi connectivity index (χ4v) is 2.00. The molecule has 0 saturated carbocycles. The summed E-state index contributed by atoms with van der Waals surface area (Å²) in [7, 11) is 0. The molecule has 0 spiro atoms. The normalized spacial score (nSPS) is 21.2. The van der Waals surface area contributed by atoms with Gasteiger partial charge in [-0.1, -0.05) is 0 Å². The molecule has 106 valence electrons. The Kier molecular flexibility index (Phi) is 4.53. The van der Waals surface area contributed by atoms with Gasteiger partial charge in [-0.3, -0.25) is 0 Å². The van der Waals surface area contributed by atoms with Crippen molar-refractivity contribution in [3.05, 3.63) is 0 Å². The summed E-state index contributed by atoms with van der Waals surface area (Å²) in [5.41, 5.74) is 4.45.